The van der Waals surface area contributed by atoms with E-state index in [1.807, 2.05) is 6.92 Å². The number of pyridine rings is 1. The molecule has 3 N–H and O–H groups in total. The largest absolute Gasteiger partial charge is 0.356 e. The third-order valence-corrected chi connectivity index (χ3v) is 4.63. The molecule has 1 atom stereocenters. The van der Waals surface area contributed by atoms with Crippen molar-refractivity contribution in [2.45, 2.75) is 33.1 Å². The summed E-state index contributed by atoms with van der Waals surface area (Å²) >= 11 is 0. The molecule has 3 rings (SSSR count). The van der Waals surface area contributed by atoms with Crippen molar-refractivity contribution >= 4 is 28.4 Å². The van der Waals surface area contributed by atoms with Crippen molar-refractivity contribution < 1.29 is 14.0 Å². The van der Waals surface area contributed by atoms with E-state index in [4.69, 9.17) is 0 Å². The van der Waals surface area contributed by atoms with Crippen molar-refractivity contribution in [1.29, 1.82) is 0 Å². The number of carbonyl (C=O) groups excluding carboxylic acids is 2. The van der Waals surface area contributed by atoms with E-state index in [2.05, 4.69) is 34.4 Å². The number of amides is 2. The normalized spacial score (nSPS) is 12.2. The van der Waals surface area contributed by atoms with Gasteiger partial charge >= 0.3 is 0 Å². The molecule has 0 spiro atoms. The first-order valence-corrected chi connectivity index (χ1v) is 9.71. The molecule has 0 radical (unpaired) electrons. The topological polar surface area (TPSA) is 86.9 Å². The molecule has 3 aromatic rings. The quantitative estimate of drug-likeness (QED) is 0.559. The Morgan fingerprint density at radius 1 is 1.21 bits per heavy atom. The van der Waals surface area contributed by atoms with Gasteiger partial charge in [0.2, 0.25) is 5.91 Å². The van der Waals surface area contributed by atoms with Gasteiger partial charge < -0.3 is 15.6 Å². The summed E-state index contributed by atoms with van der Waals surface area (Å²) in [6, 6.07) is 9.60. The molecule has 0 aliphatic rings. The number of halogens is 1. The Labute approximate surface area is 168 Å². The lowest BCUT2D eigenvalue weighted by Gasteiger charge is -2.18. The van der Waals surface area contributed by atoms with Crippen molar-refractivity contribution in [3.63, 3.8) is 0 Å². The van der Waals surface area contributed by atoms with Gasteiger partial charge in [-0.1, -0.05) is 19.9 Å². The third kappa shape index (κ3) is 4.80. The number of carbonyl (C=O) groups is 2. The van der Waals surface area contributed by atoms with Crippen molar-refractivity contribution in [2.24, 2.45) is 5.92 Å². The molecule has 1 aromatic carbocycles. The Kier molecular flexibility index (Phi) is 6.26. The summed E-state index contributed by atoms with van der Waals surface area (Å²) < 4.78 is 13.8. The maximum absolute atomic E-state index is 13.8. The zero-order chi connectivity index (χ0) is 21.0. The summed E-state index contributed by atoms with van der Waals surface area (Å²) in [6.45, 7) is 6.56. The van der Waals surface area contributed by atoms with Crippen molar-refractivity contribution in [3.05, 3.63) is 59.8 Å². The number of hydrogen-bond acceptors (Lipinski definition) is 3. The molecule has 2 amide bonds. The molecule has 0 fully saturated rings. The van der Waals surface area contributed by atoms with E-state index in [0.717, 1.165) is 0 Å². The third-order valence-electron chi connectivity index (χ3n) is 4.63. The first kappa shape index (κ1) is 20.5. The zero-order valence-corrected chi connectivity index (χ0v) is 16.8. The molecule has 6 nitrogen and oxygen atoms in total. The Morgan fingerprint density at radius 2 is 2.00 bits per heavy atom. The van der Waals surface area contributed by atoms with Crippen molar-refractivity contribution in [1.82, 2.24) is 15.3 Å². The minimum atomic E-state index is -0.391. The van der Waals surface area contributed by atoms with E-state index < -0.39 is 5.91 Å². The molecule has 0 bridgehead atoms. The lowest BCUT2D eigenvalue weighted by Crippen LogP contribution is -2.30. The SMILES string of the molecule is CCNC(=O)C(CC(C)C)c1ccc(NC(=O)c2cc3c(F)cccc3[nH]2)cn1. The Morgan fingerprint density at radius 3 is 2.62 bits per heavy atom. The van der Waals surface area contributed by atoms with E-state index in [1.165, 1.54) is 18.3 Å². The highest BCUT2D eigenvalue weighted by Gasteiger charge is 2.22. The van der Waals surface area contributed by atoms with Gasteiger partial charge in [0.05, 0.1) is 23.5 Å². The minimum Gasteiger partial charge on any atom is -0.356 e. The van der Waals surface area contributed by atoms with E-state index in [0.29, 0.717) is 41.2 Å². The molecular formula is C22H25FN4O2. The summed E-state index contributed by atoms with van der Waals surface area (Å²) in [7, 11) is 0. The van der Waals surface area contributed by atoms with Crippen LogP contribution in [0.25, 0.3) is 10.9 Å². The molecule has 0 aliphatic heterocycles. The van der Waals surface area contributed by atoms with E-state index in [1.54, 1.807) is 24.3 Å². The summed E-state index contributed by atoms with van der Waals surface area (Å²) in [4.78, 5) is 32.2. The summed E-state index contributed by atoms with van der Waals surface area (Å²) in [6.07, 6.45) is 2.22. The highest BCUT2D eigenvalue weighted by Crippen LogP contribution is 2.24. The Balaban J connectivity index is 1.75. The first-order valence-electron chi connectivity index (χ1n) is 9.71. The number of hydrogen-bond donors (Lipinski definition) is 3. The Hall–Kier alpha value is -3.22. The number of fused-ring (bicyclic) bond motifs is 1. The molecule has 0 saturated carbocycles. The average Bonchev–Trinajstić information content (AvgIpc) is 3.13. The molecule has 7 heteroatoms. The standard InChI is InChI=1S/C22H25FN4O2/c1-4-24-21(28)16(10-13(2)3)18-9-8-14(12-25-18)26-22(29)20-11-15-17(23)6-5-7-19(15)27-20/h5-9,11-13,16,27H,4,10H2,1-3H3,(H,24,28)(H,26,29). The highest BCUT2D eigenvalue weighted by molar-refractivity contribution is 6.05. The van der Waals surface area contributed by atoms with Crippen LogP contribution in [-0.2, 0) is 4.79 Å². The van der Waals surface area contributed by atoms with Crippen molar-refractivity contribution in [2.75, 3.05) is 11.9 Å². The van der Waals surface area contributed by atoms with Gasteiger partial charge in [0.25, 0.3) is 5.91 Å². The van der Waals surface area contributed by atoms with Crippen LogP contribution >= 0.6 is 0 Å². The predicted octanol–water partition coefficient (Wildman–Crippen LogP) is 4.22. The number of likely N-dealkylation sites (N-methyl/N-ethyl adjacent to an activating group) is 1. The second kappa shape index (κ2) is 8.86. The van der Waals surface area contributed by atoms with Crippen LogP contribution in [0.15, 0.2) is 42.6 Å². The Bertz CT molecular complexity index is 1010. The second-order valence-electron chi connectivity index (χ2n) is 7.39. The number of aromatic nitrogens is 2. The molecular weight excluding hydrogens is 371 g/mol. The van der Waals surface area contributed by atoms with Crippen LogP contribution in [0, 0.1) is 11.7 Å². The molecule has 2 heterocycles. The van der Waals surface area contributed by atoms with Gasteiger partial charge in [-0.3, -0.25) is 14.6 Å². The van der Waals surface area contributed by atoms with Gasteiger partial charge in [0, 0.05) is 17.4 Å². The van der Waals surface area contributed by atoms with Gasteiger partial charge in [0.15, 0.2) is 0 Å². The maximum atomic E-state index is 13.8. The smallest absolute Gasteiger partial charge is 0.272 e. The number of anilines is 1. The fraction of sp³-hybridized carbons (Fsp3) is 0.318. The lowest BCUT2D eigenvalue weighted by atomic mass is 9.93. The van der Waals surface area contributed by atoms with E-state index in [-0.39, 0.29) is 23.3 Å². The fourth-order valence-corrected chi connectivity index (χ4v) is 3.26. The monoisotopic (exact) mass is 396 g/mol. The molecule has 152 valence electrons. The zero-order valence-electron chi connectivity index (χ0n) is 16.8. The van der Waals surface area contributed by atoms with Gasteiger partial charge in [-0.05, 0) is 49.6 Å². The van der Waals surface area contributed by atoms with Crippen molar-refractivity contribution in [3.8, 4) is 0 Å². The number of aromatic amines is 1. The number of nitrogens with one attached hydrogen (secondary N) is 3. The summed E-state index contributed by atoms with van der Waals surface area (Å²) in [5, 5.41) is 5.96. The van der Waals surface area contributed by atoms with Gasteiger partial charge in [-0.15, -0.1) is 0 Å². The van der Waals surface area contributed by atoms with Crippen LogP contribution in [0.3, 0.4) is 0 Å². The number of benzene rings is 1. The maximum Gasteiger partial charge on any atom is 0.272 e. The predicted molar refractivity (Wildman–Crippen MR) is 111 cm³/mol. The first-order chi connectivity index (χ1) is 13.9. The molecule has 29 heavy (non-hydrogen) atoms. The van der Waals surface area contributed by atoms with E-state index >= 15 is 0 Å². The van der Waals surface area contributed by atoms with Crippen LogP contribution < -0.4 is 10.6 Å². The molecule has 1 unspecified atom stereocenters. The van der Waals surface area contributed by atoms with E-state index in [9.17, 15) is 14.0 Å². The van der Waals surface area contributed by atoms with Gasteiger partial charge in [0.1, 0.15) is 11.5 Å². The van der Waals surface area contributed by atoms with Crippen LogP contribution in [-0.4, -0.2) is 28.3 Å². The average molecular weight is 396 g/mol. The van der Waals surface area contributed by atoms with Crippen LogP contribution in [0.5, 0.6) is 0 Å². The number of rotatable bonds is 7. The molecule has 2 aromatic heterocycles. The lowest BCUT2D eigenvalue weighted by molar-refractivity contribution is -0.122. The van der Waals surface area contributed by atoms with Crippen LogP contribution in [0.2, 0.25) is 0 Å². The van der Waals surface area contributed by atoms with Gasteiger partial charge in [-0.2, -0.15) is 0 Å². The summed E-state index contributed by atoms with van der Waals surface area (Å²) in [5.41, 5.74) is 1.98. The molecule has 0 saturated heterocycles. The van der Waals surface area contributed by atoms with Crippen LogP contribution in [0.1, 0.15) is 49.3 Å². The second-order valence-corrected chi connectivity index (χ2v) is 7.39. The minimum absolute atomic E-state index is 0.0504. The summed E-state index contributed by atoms with van der Waals surface area (Å²) in [5.74, 6) is -0.823. The highest BCUT2D eigenvalue weighted by atomic mass is 19.1. The van der Waals surface area contributed by atoms with Crippen LogP contribution in [0.4, 0.5) is 10.1 Å². The van der Waals surface area contributed by atoms with Gasteiger partial charge in [-0.25, -0.2) is 4.39 Å². The molecule has 0 aliphatic carbocycles. The fourth-order valence-electron chi connectivity index (χ4n) is 3.26. The number of nitrogens with zero attached hydrogens (tertiary/aromatic N) is 1. The number of H-pyrrole nitrogens is 1.